The monoisotopic (exact) mass is 344 g/mol. The maximum atomic E-state index is 12.5. The number of hydrogen-bond acceptors (Lipinski definition) is 4. The van der Waals surface area contributed by atoms with Crippen LogP contribution in [0.4, 0.5) is 5.69 Å². The smallest absolute Gasteiger partial charge is 0.243 e. The van der Waals surface area contributed by atoms with Crippen molar-refractivity contribution in [1.82, 2.24) is 4.72 Å². The van der Waals surface area contributed by atoms with E-state index in [1.807, 2.05) is 26.8 Å². The van der Waals surface area contributed by atoms with E-state index in [1.165, 1.54) is 12.1 Å². The first-order chi connectivity index (χ1) is 9.70. The number of anilines is 1. The highest BCUT2D eigenvalue weighted by molar-refractivity contribution is 7.89. The lowest BCUT2D eigenvalue weighted by Crippen LogP contribution is -2.27. The van der Waals surface area contributed by atoms with Crippen LogP contribution in [-0.4, -0.2) is 8.42 Å². The van der Waals surface area contributed by atoms with E-state index in [-0.39, 0.29) is 16.6 Å². The van der Waals surface area contributed by atoms with Crippen LogP contribution in [0.5, 0.6) is 0 Å². The van der Waals surface area contributed by atoms with Gasteiger partial charge in [0.25, 0.3) is 0 Å². The van der Waals surface area contributed by atoms with E-state index in [9.17, 15) is 8.42 Å². The second-order valence-corrected chi connectivity index (χ2v) is 8.47. The molecule has 3 N–H and O–H groups in total. The van der Waals surface area contributed by atoms with Crippen molar-refractivity contribution in [2.24, 2.45) is 0 Å². The maximum absolute atomic E-state index is 12.5. The van der Waals surface area contributed by atoms with E-state index in [2.05, 4.69) is 4.72 Å². The molecule has 0 amide bonds. The van der Waals surface area contributed by atoms with Crippen LogP contribution in [0, 0.1) is 13.8 Å². The van der Waals surface area contributed by atoms with Gasteiger partial charge in [0.15, 0.2) is 0 Å². The van der Waals surface area contributed by atoms with E-state index in [1.54, 1.807) is 17.4 Å². The summed E-state index contributed by atoms with van der Waals surface area (Å²) >= 11 is 7.50. The Hall–Kier alpha value is -1.08. The van der Waals surface area contributed by atoms with Gasteiger partial charge in [0.05, 0.1) is 5.69 Å². The molecule has 0 fully saturated rings. The van der Waals surface area contributed by atoms with Crippen LogP contribution in [0.3, 0.4) is 0 Å². The topological polar surface area (TPSA) is 72.2 Å². The van der Waals surface area contributed by atoms with Gasteiger partial charge in [-0.1, -0.05) is 11.6 Å². The highest BCUT2D eigenvalue weighted by Crippen LogP contribution is 2.29. The molecule has 0 saturated carbocycles. The van der Waals surface area contributed by atoms with Crippen molar-refractivity contribution in [3.63, 3.8) is 0 Å². The van der Waals surface area contributed by atoms with E-state index >= 15 is 0 Å². The summed E-state index contributed by atoms with van der Waals surface area (Å²) < 4.78 is 27.6. The Morgan fingerprint density at radius 2 is 1.95 bits per heavy atom. The number of rotatable bonds is 4. The summed E-state index contributed by atoms with van der Waals surface area (Å²) in [6.45, 7) is 5.79. The molecule has 1 unspecified atom stereocenters. The van der Waals surface area contributed by atoms with Gasteiger partial charge in [0.1, 0.15) is 4.90 Å². The Balaban J connectivity index is 2.33. The van der Waals surface area contributed by atoms with Crippen molar-refractivity contribution in [2.45, 2.75) is 31.7 Å². The molecule has 0 aliphatic rings. The Bertz CT molecular complexity index is 769. The number of sulfonamides is 1. The molecule has 1 aromatic carbocycles. The first-order valence-electron chi connectivity index (χ1n) is 6.35. The van der Waals surface area contributed by atoms with E-state index in [0.29, 0.717) is 5.02 Å². The predicted molar refractivity (Wildman–Crippen MR) is 88.4 cm³/mol. The van der Waals surface area contributed by atoms with Gasteiger partial charge in [-0.05, 0) is 50.6 Å². The fourth-order valence-electron chi connectivity index (χ4n) is 2.18. The summed E-state index contributed by atoms with van der Waals surface area (Å²) in [6, 6.07) is 6.07. The molecule has 0 aliphatic carbocycles. The van der Waals surface area contributed by atoms with Crippen LogP contribution in [0.25, 0.3) is 0 Å². The zero-order valence-electron chi connectivity index (χ0n) is 12.0. The average Bonchev–Trinajstić information content (AvgIpc) is 2.71. The Morgan fingerprint density at radius 3 is 2.52 bits per heavy atom. The first kappa shape index (κ1) is 16.3. The number of nitrogens with one attached hydrogen (secondary N) is 1. The fraction of sp³-hybridized carbons (Fsp3) is 0.286. The van der Waals surface area contributed by atoms with Gasteiger partial charge in [-0.2, -0.15) is 0 Å². The van der Waals surface area contributed by atoms with Crippen LogP contribution in [0.2, 0.25) is 5.02 Å². The third-order valence-electron chi connectivity index (χ3n) is 3.14. The van der Waals surface area contributed by atoms with Crippen molar-refractivity contribution in [1.29, 1.82) is 0 Å². The van der Waals surface area contributed by atoms with Crippen molar-refractivity contribution in [3.05, 3.63) is 44.6 Å². The van der Waals surface area contributed by atoms with Gasteiger partial charge in [-0.3, -0.25) is 0 Å². The molecular formula is C14H17ClN2O2S2. The van der Waals surface area contributed by atoms with Crippen molar-refractivity contribution >= 4 is 38.6 Å². The zero-order valence-corrected chi connectivity index (χ0v) is 14.4. The summed E-state index contributed by atoms with van der Waals surface area (Å²) in [5, 5.41) is 0.333. The zero-order chi connectivity index (χ0) is 15.8. The van der Waals surface area contributed by atoms with Crippen LogP contribution in [-0.2, 0) is 10.0 Å². The number of halogens is 1. The highest BCUT2D eigenvalue weighted by Gasteiger charge is 2.22. The predicted octanol–water partition coefficient (Wildman–Crippen LogP) is 3.64. The largest absolute Gasteiger partial charge is 0.398 e. The van der Waals surface area contributed by atoms with Gasteiger partial charge >= 0.3 is 0 Å². The molecule has 0 saturated heterocycles. The van der Waals surface area contributed by atoms with Gasteiger partial charge < -0.3 is 5.73 Å². The van der Waals surface area contributed by atoms with Gasteiger partial charge in [-0.25, -0.2) is 13.1 Å². The Kier molecular flexibility index (Phi) is 4.63. The number of aryl methyl sites for hydroxylation is 2. The minimum absolute atomic E-state index is 0.00598. The summed E-state index contributed by atoms with van der Waals surface area (Å²) in [5.74, 6) is 0. The normalized spacial score (nSPS) is 13.3. The number of benzene rings is 1. The summed E-state index contributed by atoms with van der Waals surface area (Å²) in [5.41, 5.74) is 6.90. The van der Waals surface area contributed by atoms with Crippen LogP contribution in [0.15, 0.2) is 29.2 Å². The average molecular weight is 345 g/mol. The van der Waals surface area contributed by atoms with Gasteiger partial charge in [-0.15, -0.1) is 11.3 Å². The Morgan fingerprint density at radius 1 is 1.29 bits per heavy atom. The quantitative estimate of drug-likeness (QED) is 0.832. The lowest BCUT2D eigenvalue weighted by atomic mass is 10.1. The van der Waals surface area contributed by atoms with Crippen LogP contribution < -0.4 is 10.5 Å². The molecule has 0 radical (unpaired) electrons. The molecule has 1 aromatic heterocycles. The number of hydrogen-bond donors (Lipinski definition) is 2. The van der Waals surface area contributed by atoms with Crippen molar-refractivity contribution < 1.29 is 8.42 Å². The summed E-state index contributed by atoms with van der Waals surface area (Å²) in [7, 11) is -3.72. The van der Waals surface area contributed by atoms with E-state index in [4.69, 9.17) is 17.3 Å². The molecule has 2 aromatic rings. The molecule has 114 valence electrons. The Labute approximate surface area is 134 Å². The molecule has 7 heteroatoms. The molecule has 21 heavy (non-hydrogen) atoms. The van der Waals surface area contributed by atoms with Gasteiger partial charge in [0, 0.05) is 20.8 Å². The SMILES string of the molecule is Cc1cc(C(C)NS(=O)(=O)c2cc(Cl)ccc2N)c(C)s1. The summed E-state index contributed by atoms with van der Waals surface area (Å²) in [6.07, 6.45) is 0. The lowest BCUT2D eigenvalue weighted by molar-refractivity contribution is 0.567. The van der Waals surface area contributed by atoms with E-state index < -0.39 is 10.0 Å². The summed E-state index contributed by atoms with van der Waals surface area (Å²) in [4.78, 5) is 2.25. The van der Waals surface area contributed by atoms with Crippen molar-refractivity contribution in [2.75, 3.05) is 5.73 Å². The molecule has 0 bridgehead atoms. The van der Waals surface area contributed by atoms with Crippen LogP contribution in [0.1, 0.15) is 28.3 Å². The number of nitrogen functional groups attached to an aromatic ring is 1. The van der Waals surface area contributed by atoms with E-state index in [0.717, 1.165) is 15.3 Å². The third-order valence-corrected chi connectivity index (χ3v) is 5.96. The molecule has 0 aliphatic heterocycles. The third kappa shape index (κ3) is 3.58. The van der Waals surface area contributed by atoms with Crippen molar-refractivity contribution in [3.8, 4) is 0 Å². The second-order valence-electron chi connectivity index (χ2n) is 4.89. The lowest BCUT2D eigenvalue weighted by Gasteiger charge is -2.15. The molecule has 1 atom stereocenters. The molecular weight excluding hydrogens is 328 g/mol. The fourth-order valence-corrected chi connectivity index (χ4v) is 4.82. The van der Waals surface area contributed by atoms with Gasteiger partial charge in [0.2, 0.25) is 10.0 Å². The maximum Gasteiger partial charge on any atom is 0.243 e. The first-order valence-corrected chi connectivity index (χ1v) is 9.03. The minimum Gasteiger partial charge on any atom is -0.398 e. The minimum atomic E-state index is -3.72. The number of thiophene rings is 1. The molecule has 0 spiro atoms. The highest BCUT2D eigenvalue weighted by atomic mass is 35.5. The number of nitrogens with two attached hydrogens (primary N) is 1. The molecule has 1 heterocycles. The van der Waals surface area contributed by atoms with Crippen LogP contribution >= 0.6 is 22.9 Å². The standard InChI is InChI=1S/C14H17ClN2O2S2/c1-8-6-12(10(3)20-8)9(2)17-21(18,19)14-7-11(15)4-5-13(14)16/h4-7,9,17H,16H2,1-3H3. The molecule has 4 nitrogen and oxygen atoms in total. The molecule has 2 rings (SSSR count). The second kappa shape index (κ2) is 5.96.